The summed E-state index contributed by atoms with van der Waals surface area (Å²) >= 11 is 22.3. The van der Waals surface area contributed by atoms with Crippen LogP contribution in [0, 0.1) is 0 Å². The maximum absolute atomic E-state index is 12.8. The van der Waals surface area contributed by atoms with Crippen molar-refractivity contribution in [1.82, 2.24) is 21.7 Å². The molecule has 0 aromatic carbocycles. The number of sulfone groups is 2. The Morgan fingerprint density at radius 1 is 0.821 bits per heavy atom. The van der Waals surface area contributed by atoms with Crippen LogP contribution in [-0.2, 0) is 19.7 Å². The summed E-state index contributed by atoms with van der Waals surface area (Å²) in [6.45, 7) is 5.91. The molecule has 16 heteroatoms. The van der Waals surface area contributed by atoms with E-state index in [1.807, 2.05) is 0 Å². The van der Waals surface area contributed by atoms with Gasteiger partial charge in [0.15, 0.2) is 16.8 Å². The van der Waals surface area contributed by atoms with Crippen LogP contribution in [0.4, 0.5) is 0 Å². The largest absolute Gasteiger partial charge is 0.323 e. The molecule has 2 aliphatic rings. The summed E-state index contributed by atoms with van der Waals surface area (Å²) in [7, 11) is -7.15. The molecule has 0 amide bonds. The third kappa shape index (κ3) is 3.74. The van der Waals surface area contributed by atoms with Crippen molar-refractivity contribution in [2.24, 2.45) is 0 Å². The molecular weight excluding hydrogens is 527 g/mol. The molecule has 0 bridgehead atoms. The van der Waals surface area contributed by atoms with Crippen molar-refractivity contribution in [3.63, 3.8) is 0 Å². The Morgan fingerprint density at radius 3 is 1.32 bits per heavy atom. The van der Waals surface area contributed by atoms with Gasteiger partial charge in [-0.05, 0) is 49.3 Å². The summed E-state index contributed by atoms with van der Waals surface area (Å²) < 4.78 is 50.4. The fourth-order valence-corrected chi connectivity index (χ4v) is 10.9. The van der Waals surface area contributed by atoms with E-state index < -0.39 is 36.5 Å². The molecule has 2 atom stereocenters. The smallest absolute Gasteiger partial charge is 0.220 e. The quantitative estimate of drug-likeness (QED) is 0.303. The monoisotopic (exact) mass is 542 g/mol. The number of allylic oxidation sites excluding steroid dienone is 2. The molecule has 0 radical (unpaired) electrons. The number of hydrogen-bond donors (Lipinski definition) is 4. The van der Waals surface area contributed by atoms with Crippen LogP contribution in [0.2, 0.25) is 0 Å². The van der Waals surface area contributed by atoms with Crippen LogP contribution in [0.25, 0.3) is 0 Å². The third-order valence-corrected chi connectivity index (χ3v) is 15.9. The Balaban J connectivity index is 2.18. The Kier molecular flexibility index (Phi) is 7.15. The van der Waals surface area contributed by atoms with E-state index in [0.29, 0.717) is 33.0 Å². The van der Waals surface area contributed by atoms with Gasteiger partial charge >= 0.3 is 0 Å². The second-order valence-electron chi connectivity index (χ2n) is 6.12. The highest BCUT2D eigenvalue weighted by molar-refractivity contribution is 8.95. The zero-order valence-electron chi connectivity index (χ0n) is 14.8. The lowest BCUT2D eigenvalue weighted by Crippen LogP contribution is -2.51. The highest BCUT2D eigenvalue weighted by Crippen LogP contribution is 2.41. The SMILES string of the molecule is CC1=C(Cl)C(C)(S(=O)(=O)C(=S)SSC(=S)S(=O)(=O)C2(C)NNC(C)=C2Cl)NN1. The van der Waals surface area contributed by atoms with E-state index >= 15 is 0 Å². The first-order valence-electron chi connectivity index (χ1n) is 7.34. The first-order valence-corrected chi connectivity index (χ1v) is 14.0. The van der Waals surface area contributed by atoms with Gasteiger partial charge < -0.3 is 10.9 Å². The lowest BCUT2D eigenvalue weighted by atomic mass is 10.3. The highest BCUT2D eigenvalue weighted by atomic mass is 35.5. The molecule has 0 saturated heterocycles. The van der Waals surface area contributed by atoms with E-state index in [0.717, 1.165) is 0 Å². The van der Waals surface area contributed by atoms with Crippen molar-refractivity contribution in [2.45, 2.75) is 37.4 Å². The molecule has 0 saturated carbocycles. The predicted octanol–water partition coefficient (Wildman–Crippen LogP) is 2.36. The standard InChI is InChI=1S/C12H16Cl2N4O4S6/c1-5-7(13)11(3,17-15-5)27(19,20)9(23)25-26-10(24)28(21,22)12(4)8(14)6(2)16-18-12/h15-18H,1-4H3. The molecule has 4 N–H and O–H groups in total. The van der Waals surface area contributed by atoms with E-state index in [1.54, 1.807) is 13.8 Å². The van der Waals surface area contributed by atoms with Gasteiger partial charge in [-0.25, -0.2) is 27.7 Å². The number of hydrogen-bond acceptors (Lipinski definition) is 12. The second kappa shape index (κ2) is 8.13. The van der Waals surface area contributed by atoms with Gasteiger partial charge in [0.2, 0.25) is 19.7 Å². The molecule has 2 heterocycles. The molecule has 0 fully saturated rings. The molecule has 0 spiro atoms. The van der Waals surface area contributed by atoms with Crippen molar-refractivity contribution in [3.05, 3.63) is 21.5 Å². The lowest BCUT2D eigenvalue weighted by molar-refractivity contribution is 0.511. The van der Waals surface area contributed by atoms with Gasteiger partial charge in [0.25, 0.3) is 0 Å². The third-order valence-electron chi connectivity index (χ3n) is 4.16. The molecule has 28 heavy (non-hydrogen) atoms. The molecule has 2 unspecified atom stereocenters. The molecule has 2 rings (SSSR count). The lowest BCUT2D eigenvalue weighted by Gasteiger charge is -2.25. The first-order chi connectivity index (χ1) is 12.6. The number of thiocarbonyl (C=S) groups is 2. The normalized spacial score (nSPS) is 28.4. The minimum Gasteiger partial charge on any atom is -0.323 e. The van der Waals surface area contributed by atoms with Crippen molar-refractivity contribution in [3.8, 4) is 0 Å². The molecule has 2 aliphatic heterocycles. The van der Waals surface area contributed by atoms with Gasteiger partial charge in [0, 0.05) is 11.4 Å². The zero-order chi connectivity index (χ0) is 21.7. The van der Waals surface area contributed by atoms with Crippen LogP contribution in [0.5, 0.6) is 0 Å². The van der Waals surface area contributed by atoms with E-state index in [4.69, 9.17) is 47.6 Å². The molecule has 0 aliphatic carbocycles. The highest BCUT2D eigenvalue weighted by Gasteiger charge is 2.51. The van der Waals surface area contributed by atoms with Crippen LogP contribution in [0.15, 0.2) is 21.5 Å². The van der Waals surface area contributed by atoms with Gasteiger partial charge in [0.05, 0.1) is 10.1 Å². The van der Waals surface area contributed by atoms with Crippen LogP contribution < -0.4 is 21.7 Å². The second-order valence-corrected chi connectivity index (χ2v) is 15.9. The molecule has 0 aromatic rings. The summed E-state index contributed by atoms with van der Waals surface area (Å²) in [5, 5.41) is 0.0774. The first kappa shape index (κ1) is 24.6. The van der Waals surface area contributed by atoms with Gasteiger partial charge in [-0.15, -0.1) is 0 Å². The summed E-state index contributed by atoms with van der Waals surface area (Å²) in [5.74, 6) is 0. The molecular formula is C12H16Cl2N4O4S6. The van der Waals surface area contributed by atoms with Gasteiger partial charge in [-0.2, -0.15) is 0 Å². The maximum Gasteiger partial charge on any atom is 0.220 e. The summed E-state index contributed by atoms with van der Waals surface area (Å²) in [6, 6.07) is 0. The van der Waals surface area contributed by atoms with E-state index in [2.05, 4.69) is 21.7 Å². The number of rotatable bonds is 2. The summed E-state index contributed by atoms with van der Waals surface area (Å²) in [5.41, 5.74) is 11.3. The van der Waals surface area contributed by atoms with E-state index in [-0.39, 0.29) is 10.1 Å². The zero-order valence-corrected chi connectivity index (χ0v) is 21.2. The van der Waals surface area contributed by atoms with E-state index in [9.17, 15) is 16.8 Å². The van der Waals surface area contributed by atoms with Crippen molar-refractivity contribution in [2.75, 3.05) is 0 Å². The van der Waals surface area contributed by atoms with Gasteiger partial charge in [-0.1, -0.05) is 47.6 Å². The summed E-state index contributed by atoms with van der Waals surface area (Å²) in [6.07, 6.45) is 0. The minimum absolute atomic E-state index is 0.0387. The number of hydrazine groups is 2. The number of halogens is 2. The van der Waals surface area contributed by atoms with Crippen LogP contribution in [0.3, 0.4) is 0 Å². The van der Waals surface area contributed by atoms with Crippen LogP contribution in [-0.4, -0.2) is 33.6 Å². The van der Waals surface area contributed by atoms with E-state index in [1.165, 1.54) is 13.8 Å². The van der Waals surface area contributed by atoms with Crippen molar-refractivity contribution >= 4 is 96.0 Å². The average molecular weight is 544 g/mol. The number of nitrogens with one attached hydrogen (secondary N) is 4. The Labute approximate surface area is 192 Å². The van der Waals surface area contributed by atoms with Crippen LogP contribution in [0.1, 0.15) is 27.7 Å². The topological polar surface area (TPSA) is 116 Å². The average Bonchev–Trinajstić information content (AvgIpc) is 3.06. The molecule has 0 aromatic heterocycles. The van der Waals surface area contributed by atoms with Crippen molar-refractivity contribution < 1.29 is 16.8 Å². The van der Waals surface area contributed by atoms with Crippen molar-refractivity contribution in [1.29, 1.82) is 0 Å². The predicted molar refractivity (Wildman–Crippen MR) is 125 cm³/mol. The van der Waals surface area contributed by atoms with Gasteiger partial charge in [-0.3, -0.25) is 0 Å². The fraction of sp³-hybridized carbons (Fsp3) is 0.500. The Morgan fingerprint density at radius 2 is 1.11 bits per heavy atom. The Hall–Kier alpha value is 0.360. The minimum atomic E-state index is -4.12. The summed E-state index contributed by atoms with van der Waals surface area (Å²) in [4.78, 5) is -3.34. The molecule has 158 valence electrons. The Bertz CT molecular complexity index is 943. The van der Waals surface area contributed by atoms with Crippen LogP contribution >= 0.6 is 69.2 Å². The molecule has 8 nitrogen and oxygen atoms in total. The fourth-order valence-electron chi connectivity index (χ4n) is 2.22. The maximum atomic E-state index is 12.8. The van der Waals surface area contributed by atoms with Gasteiger partial charge in [0.1, 0.15) is 0 Å².